The van der Waals surface area contributed by atoms with Crippen molar-refractivity contribution in [2.45, 2.75) is 26.7 Å². The normalized spacial score (nSPS) is 20.4. The van der Waals surface area contributed by atoms with Crippen LogP contribution in [0.3, 0.4) is 0 Å². The lowest BCUT2D eigenvalue weighted by atomic mass is 9.95. The molecule has 0 radical (unpaired) electrons. The number of ether oxygens (including phenoxy) is 1. The Morgan fingerprint density at radius 3 is 2.68 bits per heavy atom. The molecule has 2 nitrogen and oxygen atoms in total. The van der Waals surface area contributed by atoms with E-state index in [0.717, 1.165) is 12.8 Å². The predicted molar refractivity (Wildman–Crippen MR) is 84.2 cm³/mol. The Bertz CT molecular complexity index is 427. The lowest BCUT2D eigenvalue weighted by Crippen LogP contribution is -2.15. The number of carbonyl (C=O) groups is 1. The second-order valence-corrected chi connectivity index (χ2v) is 7.15. The SMILES string of the molecule is CCOC(=O)C(C)CC1=CCC(=C2SCCS2)C=C1. The minimum atomic E-state index is -0.0946. The summed E-state index contributed by atoms with van der Waals surface area (Å²) in [6, 6.07) is 0. The molecule has 2 aliphatic rings. The topological polar surface area (TPSA) is 26.3 Å². The average molecular weight is 296 g/mol. The van der Waals surface area contributed by atoms with Crippen molar-refractivity contribution in [2.75, 3.05) is 18.1 Å². The Labute approximate surface area is 123 Å². The van der Waals surface area contributed by atoms with Crippen LogP contribution in [0.5, 0.6) is 0 Å². The van der Waals surface area contributed by atoms with Crippen molar-refractivity contribution >= 4 is 29.5 Å². The van der Waals surface area contributed by atoms with E-state index in [4.69, 9.17) is 4.74 Å². The summed E-state index contributed by atoms with van der Waals surface area (Å²) in [5, 5.41) is 0. The van der Waals surface area contributed by atoms with Crippen LogP contribution >= 0.6 is 23.5 Å². The minimum absolute atomic E-state index is 0.0553. The summed E-state index contributed by atoms with van der Waals surface area (Å²) in [7, 11) is 0. The van der Waals surface area contributed by atoms with Gasteiger partial charge in [0.2, 0.25) is 0 Å². The molecule has 19 heavy (non-hydrogen) atoms. The lowest BCUT2D eigenvalue weighted by molar-refractivity contribution is -0.147. The Morgan fingerprint density at radius 1 is 1.37 bits per heavy atom. The molecule has 0 saturated carbocycles. The third-order valence-corrected chi connectivity index (χ3v) is 5.96. The van der Waals surface area contributed by atoms with Crippen molar-refractivity contribution in [1.29, 1.82) is 0 Å². The number of hydrogen-bond donors (Lipinski definition) is 0. The molecule has 1 saturated heterocycles. The number of allylic oxidation sites excluding steroid dienone is 5. The monoisotopic (exact) mass is 296 g/mol. The fraction of sp³-hybridized carbons (Fsp3) is 0.533. The Morgan fingerprint density at radius 2 is 2.11 bits per heavy atom. The largest absolute Gasteiger partial charge is 0.466 e. The van der Waals surface area contributed by atoms with E-state index in [0.29, 0.717) is 6.61 Å². The van der Waals surface area contributed by atoms with Crippen molar-refractivity contribution in [3.05, 3.63) is 33.6 Å². The molecule has 1 aliphatic heterocycles. The highest BCUT2D eigenvalue weighted by atomic mass is 32.2. The summed E-state index contributed by atoms with van der Waals surface area (Å²) in [5.74, 6) is 2.31. The minimum Gasteiger partial charge on any atom is -0.466 e. The zero-order valence-corrected chi connectivity index (χ0v) is 13.1. The van der Waals surface area contributed by atoms with Gasteiger partial charge in [-0.05, 0) is 25.3 Å². The first-order chi connectivity index (χ1) is 9.20. The molecule has 1 heterocycles. The van der Waals surface area contributed by atoms with Crippen LogP contribution in [0.1, 0.15) is 26.7 Å². The molecule has 0 bridgehead atoms. The van der Waals surface area contributed by atoms with Gasteiger partial charge in [0.25, 0.3) is 0 Å². The second kappa shape index (κ2) is 7.25. The highest BCUT2D eigenvalue weighted by Crippen LogP contribution is 2.41. The molecule has 4 heteroatoms. The van der Waals surface area contributed by atoms with E-state index in [9.17, 15) is 4.79 Å². The van der Waals surface area contributed by atoms with E-state index in [1.165, 1.54) is 26.9 Å². The smallest absolute Gasteiger partial charge is 0.308 e. The van der Waals surface area contributed by atoms with E-state index in [1.54, 1.807) is 0 Å². The molecular formula is C15H20O2S2. The quantitative estimate of drug-likeness (QED) is 0.728. The van der Waals surface area contributed by atoms with Crippen LogP contribution in [0.4, 0.5) is 0 Å². The van der Waals surface area contributed by atoms with Gasteiger partial charge in [-0.25, -0.2) is 0 Å². The van der Waals surface area contributed by atoms with Crippen LogP contribution in [0, 0.1) is 5.92 Å². The van der Waals surface area contributed by atoms with E-state index in [2.05, 4.69) is 18.2 Å². The zero-order valence-electron chi connectivity index (χ0n) is 11.5. The third-order valence-electron chi connectivity index (χ3n) is 3.13. The van der Waals surface area contributed by atoms with Crippen LogP contribution in [0.2, 0.25) is 0 Å². The van der Waals surface area contributed by atoms with Gasteiger partial charge in [0.15, 0.2) is 0 Å². The van der Waals surface area contributed by atoms with Crippen molar-refractivity contribution in [3.63, 3.8) is 0 Å². The zero-order chi connectivity index (χ0) is 13.7. The molecule has 0 spiro atoms. The molecular weight excluding hydrogens is 276 g/mol. The van der Waals surface area contributed by atoms with Crippen LogP contribution in [0.25, 0.3) is 0 Å². The van der Waals surface area contributed by atoms with Gasteiger partial charge >= 0.3 is 5.97 Å². The number of thioether (sulfide) groups is 2. The van der Waals surface area contributed by atoms with Gasteiger partial charge in [0.05, 0.1) is 12.5 Å². The maximum absolute atomic E-state index is 11.6. The summed E-state index contributed by atoms with van der Waals surface area (Å²) in [4.78, 5) is 11.6. The summed E-state index contributed by atoms with van der Waals surface area (Å²) >= 11 is 3.93. The highest BCUT2D eigenvalue weighted by molar-refractivity contribution is 8.25. The standard InChI is InChI=1S/C15H20O2S2/c1-3-17-14(16)11(2)10-12-4-6-13(7-5-12)15-18-8-9-19-15/h4-6,11H,3,7-10H2,1-2H3. The van der Waals surface area contributed by atoms with Crippen LogP contribution in [-0.4, -0.2) is 24.1 Å². The molecule has 1 atom stereocenters. The fourth-order valence-corrected chi connectivity index (χ4v) is 4.65. The van der Waals surface area contributed by atoms with Crippen LogP contribution < -0.4 is 0 Å². The number of hydrogen-bond acceptors (Lipinski definition) is 4. The number of carbonyl (C=O) groups excluding carboxylic acids is 1. The van der Waals surface area contributed by atoms with E-state index in [-0.39, 0.29) is 11.9 Å². The molecule has 0 amide bonds. The van der Waals surface area contributed by atoms with Gasteiger partial charge in [-0.15, -0.1) is 23.5 Å². The van der Waals surface area contributed by atoms with Gasteiger partial charge < -0.3 is 4.74 Å². The Balaban J connectivity index is 1.89. The van der Waals surface area contributed by atoms with Gasteiger partial charge in [-0.2, -0.15) is 0 Å². The summed E-state index contributed by atoms with van der Waals surface area (Å²) in [6.45, 7) is 4.24. The van der Waals surface area contributed by atoms with Crippen molar-refractivity contribution in [1.82, 2.24) is 0 Å². The predicted octanol–water partition coefficient (Wildman–Crippen LogP) is 4.15. The van der Waals surface area contributed by atoms with Crippen molar-refractivity contribution in [2.24, 2.45) is 5.92 Å². The summed E-state index contributed by atoms with van der Waals surface area (Å²) in [5.41, 5.74) is 2.68. The van der Waals surface area contributed by atoms with Gasteiger partial charge in [0.1, 0.15) is 0 Å². The van der Waals surface area contributed by atoms with Gasteiger partial charge in [-0.1, -0.05) is 30.7 Å². The van der Waals surface area contributed by atoms with E-state index < -0.39 is 0 Å². The molecule has 104 valence electrons. The molecule has 1 unspecified atom stereocenters. The van der Waals surface area contributed by atoms with E-state index in [1.807, 2.05) is 37.4 Å². The highest BCUT2D eigenvalue weighted by Gasteiger charge is 2.17. The summed E-state index contributed by atoms with van der Waals surface area (Å²) in [6.07, 6.45) is 8.39. The summed E-state index contributed by atoms with van der Waals surface area (Å²) < 4.78 is 6.52. The first kappa shape index (κ1) is 14.8. The molecule has 1 fully saturated rings. The first-order valence-corrected chi connectivity index (χ1v) is 8.70. The van der Waals surface area contributed by atoms with Gasteiger partial charge in [-0.3, -0.25) is 4.79 Å². The molecule has 0 aromatic carbocycles. The van der Waals surface area contributed by atoms with Crippen LogP contribution in [0.15, 0.2) is 33.6 Å². The average Bonchev–Trinajstić information content (AvgIpc) is 2.94. The maximum Gasteiger partial charge on any atom is 0.308 e. The lowest BCUT2D eigenvalue weighted by Gasteiger charge is -2.14. The molecule has 0 aromatic rings. The van der Waals surface area contributed by atoms with Crippen molar-refractivity contribution in [3.8, 4) is 0 Å². The maximum atomic E-state index is 11.6. The molecule has 1 aliphatic carbocycles. The van der Waals surface area contributed by atoms with Crippen molar-refractivity contribution < 1.29 is 9.53 Å². The molecule has 0 N–H and O–H groups in total. The number of rotatable bonds is 4. The van der Waals surface area contributed by atoms with Gasteiger partial charge in [0, 0.05) is 15.7 Å². The Kier molecular flexibility index (Phi) is 5.64. The van der Waals surface area contributed by atoms with E-state index >= 15 is 0 Å². The first-order valence-electron chi connectivity index (χ1n) is 6.73. The second-order valence-electron chi connectivity index (χ2n) is 4.68. The molecule has 0 aromatic heterocycles. The van der Waals surface area contributed by atoms with Crippen LogP contribution in [-0.2, 0) is 9.53 Å². The Hall–Kier alpha value is -0.610. The number of esters is 1. The molecule has 2 rings (SSSR count). The third kappa shape index (κ3) is 4.18. The fourth-order valence-electron chi connectivity index (χ4n) is 2.10.